The number of hydrogen-bond donors (Lipinski definition) is 1. The van der Waals surface area contributed by atoms with Crippen molar-refractivity contribution in [2.24, 2.45) is 0 Å². The molecule has 1 aromatic heterocycles. The molecule has 2 aromatic carbocycles. The highest BCUT2D eigenvalue weighted by Crippen LogP contribution is 2.24. The van der Waals surface area contributed by atoms with Crippen molar-refractivity contribution in [3.8, 4) is 17.2 Å². The molecule has 3 rings (SSSR count). The number of amides is 1. The van der Waals surface area contributed by atoms with E-state index >= 15 is 0 Å². The van der Waals surface area contributed by atoms with E-state index < -0.39 is 10.8 Å². The summed E-state index contributed by atoms with van der Waals surface area (Å²) in [5, 5.41) is 2.68. The number of carbonyl (C=O) groups excluding carboxylic acids is 1. The molecule has 0 aliphatic carbocycles. The molecule has 0 radical (unpaired) electrons. The molecule has 1 heterocycles. The SMILES string of the molecule is COc1ccc(-c2nc(C[S@@](=O)CC(=O)NCc3ccc(F)cc3)c(C)o2)cc1. The Labute approximate surface area is 170 Å². The van der Waals surface area contributed by atoms with E-state index in [4.69, 9.17) is 9.15 Å². The molecule has 6 nitrogen and oxygen atoms in total. The van der Waals surface area contributed by atoms with Gasteiger partial charge in [0.2, 0.25) is 11.8 Å². The molecule has 0 bridgehead atoms. The van der Waals surface area contributed by atoms with E-state index in [0.29, 0.717) is 17.3 Å². The summed E-state index contributed by atoms with van der Waals surface area (Å²) in [6.45, 7) is 2.00. The summed E-state index contributed by atoms with van der Waals surface area (Å²) in [7, 11) is 0.155. The lowest BCUT2D eigenvalue weighted by Crippen LogP contribution is -2.28. The Kier molecular flexibility index (Phi) is 6.77. The monoisotopic (exact) mass is 416 g/mol. The lowest BCUT2D eigenvalue weighted by Gasteiger charge is -2.05. The molecule has 1 amide bonds. The number of methoxy groups -OCH3 is 1. The molecule has 0 fully saturated rings. The minimum Gasteiger partial charge on any atom is -0.497 e. The molecule has 0 spiro atoms. The smallest absolute Gasteiger partial charge is 0.232 e. The van der Waals surface area contributed by atoms with E-state index in [1.165, 1.54) is 12.1 Å². The Balaban J connectivity index is 1.55. The van der Waals surface area contributed by atoms with Crippen LogP contribution in [0.15, 0.2) is 52.9 Å². The van der Waals surface area contributed by atoms with Crippen LogP contribution in [0.1, 0.15) is 17.0 Å². The van der Waals surface area contributed by atoms with Crippen LogP contribution in [0.3, 0.4) is 0 Å². The maximum atomic E-state index is 12.9. The predicted molar refractivity (Wildman–Crippen MR) is 108 cm³/mol. The molecule has 3 aromatic rings. The lowest BCUT2D eigenvalue weighted by molar-refractivity contribution is -0.118. The van der Waals surface area contributed by atoms with Crippen molar-refractivity contribution >= 4 is 16.7 Å². The van der Waals surface area contributed by atoms with Crippen LogP contribution in [0.4, 0.5) is 4.39 Å². The molecule has 29 heavy (non-hydrogen) atoms. The average molecular weight is 416 g/mol. The zero-order chi connectivity index (χ0) is 20.8. The first kappa shape index (κ1) is 20.7. The predicted octanol–water partition coefficient (Wildman–Crippen LogP) is 3.36. The molecule has 8 heteroatoms. The highest BCUT2D eigenvalue weighted by Gasteiger charge is 2.16. The van der Waals surface area contributed by atoms with Gasteiger partial charge in [-0.05, 0) is 48.9 Å². The van der Waals surface area contributed by atoms with Crippen LogP contribution in [0.2, 0.25) is 0 Å². The first-order chi connectivity index (χ1) is 13.9. The van der Waals surface area contributed by atoms with Crippen molar-refractivity contribution in [3.05, 3.63) is 71.4 Å². The van der Waals surface area contributed by atoms with Crippen LogP contribution >= 0.6 is 0 Å². The number of halogens is 1. The summed E-state index contributed by atoms with van der Waals surface area (Å²) >= 11 is 0. The van der Waals surface area contributed by atoms with Gasteiger partial charge in [0.25, 0.3) is 0 Å². The number of carbonyl (C=O) groups is 1. The third kappa shape index (κ3) is 5.74. The third-order valence-electron chi connectivity index (χ3n) is 4.22. The maximum absolute atomic E-state index is 12.9. The number of ether oxygens (including phenoxy) is 1. The highest BCUT2D eigenvalue weighted by atomic mass is 32.2. The third-order valence-corrected chi connectivity index (χ3v) is 5.40. The highest BCUT2D eigenvalue weighted by molar-refractivity contribution is 7.84. The van der Waals surface area contributed by atoms with Crippen molar-refractivity contribution < 1.29 is 22.5 Å². The number of hydrogen-bond acceptors (Lipinski definition) is 5. The fraction of sp³-hybridized carbons (Fsp3) is 0.238. The van der Waals surface area contributed by atoms with Gasteiger partial charge in [-0.3, -0.25) is 9.00 Å². The number of aryl methyl sites for hydroxylation is 1. The van der Waals surface area contributed by atoms with Crippen LogP contribution in [-0.4, -0.2) is 28.0 Å². The molecular weight excluding hydrogens is 395 g/mol. The summed E-state index contributed by atoms with van der Waals surface area (Å²) in [6.07, 6.45) is 0. The van der Waals surface area contributed by atoms with Gasteiger partial charge in [0.15, 0.2) is 0 Å². The topological polar surface area (TPSA) is 81.4 Å². The van der Waals surface area contributed by atoms with E-state index in [0.717, 1.165) is 16.9 Å². The van der Waals surface area contributed by atoms with E-state index in [2.05, 4.69) is 10.3 Å². The second-order valence-electron chi connectivity index (χ2n) is 6.38. The zero-order valence-electron chi connectivity index (χ0n) is 16.1. The van der Waals surface area contributed by atoms with Gasteiger partial charge in [-0.2, -0.15) is 0 Å². The summed E-state index contributed by atoms with van der Waals surface area (Å²) in [4.78, 5) is 16.4. The van der Waals surface area contributed by atoms with Crippen molar-refractivity contribution in [2.45, 2.75) is 19.2 Å². The van der Waals surface area contributed by atoms with Crippen molar-refractivity contribution in [3.63, 3.8) is 0 Å². The van der Waals surface area contributed by atoms with Gasteiger partial charge in [0.1, 0.15) is 23.1 Å². The number of oxazole rings is 1. The first-order valence-electron chi connectivity index (χ1n) is 8.91. The van der Waals surface area contributed by atoms with Crippen LogP contribution in [0.5, 0.6) is 5.75 Å². The Morgan fingerprint density at radius 2 is 1.86 bits per heavy atom. The van der Waals surface area contributed by atoms with E-state index in [1.807, 2.05) is 12.1 Å². The summed E-state index contributed by atoms with van der Waals surface area (Å²) < 4.78 is 36.1. The quantitative estimate of drug-likeness (QED) is 0.609. The van der Waals surface area contributed by atoms with Crippen molar-refractivity contribution in [1.82, 2.24) is 10.3 Å². The minimum atomic E-state index is -1.44. The van der Waals surface area contributed by atoms with Crippen LogP contribution < -0.4 is 10.1 Å². The molecule has 1 atom stereocenters. The largest absolute Gasteiger partial charge is 0.497 e. The summed E-state index contributed by atoms with van der Waals surface area (Å²) in [6, 6.07) is 13.1. The standard InChI is InChI=1S/C21H21FN2O4S/c1-14-19(24-21(28-14)16-5-9-18(27-2)10-6-16)12-29(26)13-20(25)23-11-15-3-7-17(22)8-4-15/h3-10H,11-13H2,1-2H3,(H,23,25)/t29-/m1/s1. The summed E-state index contributed by atoms with van der Waals surface area (Å²) in [5.74, 6) is 1.02. The maximum Gasteiger partial charge on any atom is 0.232 e. The van der Waals surface area contributed by atoms with Crippen LogP contribution in [0, 0.1) is 12.7 Å². The van der Waals surface area contributed by atoms with Gasteiger partial charge in [-0.1, -0.05) is 12.1 Å². The second-order valence-corrected chi connectivity index (χ2v) is 7.84. The Bertz CT molecular complexity index is 1000. The van der Waals surface area contributed by atoms with Gasteiger partial charge >= 0.3 is 0 Å². The van der Waals surface area contributed by atoms with Crippen LogP contribution in [-0.2, 0) is 27.9 Å². The fourth-order valence-corrected chi connectivity index (χ4v) is 3.69. The average Bonchev–Trinajstić information content (AvgIpc) is 3.07. The summed E-state index contributed by atoms with van der Waals surface area (Å²) in [5.41, 5.74) is 2.10. The number of nitrogens with zero attached hydrogens (tertiary/aromatic N) is 1. The number of nitrogens with one attached hydrogen (secondary N) is 1. The fourth-order valence-electron chi connectivity index (χ4n) is 2.62. The van der Waals surface area contributed by atoms with Gasteiger partial charge in [0.05, 0.1) is 18.6 Å². The van der Waals surface area contributed by atoms with Crippen LogP contribution in [0.25, 0.3) is 11.5 Å². The first-order valence-corrected chi connectivity index (χ1v) is 10.4. The normalized spacial score (nSPS) is 11.8. The number of rotatable bonds is 8. The lowest BCUT2D eigenvalue weighted by atomic mass is 10.2. The molecule has 1 N–H and O–H groups in total. The van der Waals surface area contributed by atoms with Gasteiger partial charge in [-0.15, -0.1) is 0 Å². The van der Waals surface area contributed by atoms with E-state index in [9.17, 15) is 13.4 Å². The molecular formula is C21H21FN2O4S. The molecule has 0 saturated carbocycles. The Hall–Kier alpha value is -3.00. The number of aromatic nitrogens is 1. The molecule has 0 aliphatic heterocycles. The zero-order valence-corrected chi connectivity index (χ0v) is 16.9. The second kappa shape index (κ2) is 9.47. The number of benzene rings is 2. The molecule has 0 aliphatic rings. The molecule has 152 valence electrons. The Morgan fingerprint density at radius 3 is 2.52 bits per heavy atom. The van der Waals surface area contributed by atoms with Crippen molar-refractivity contribution in [2.75, 3.05) is 12.9 Å². The van der Waals surface area contributed by atoms with Gasteiger partial charge < -0.3 is 14.5 Å². The minimum absolute atomic E-state index is 0.120. The molecule has 0 saturated heterocycles. The van der Waals surface area contributed by atoms with Crippen molar-refractivity contribution in [1.29, 1.82) is 0 Å². The van der Waals surface area contributed by atoms with Gasteiger partial charge in [0, 0.05) is 22.9 Å². The molecule has 0 unspecified atom stereocenters. The Morgan fingerprint density at radius 1 is 1.17 bits per heavy atom. The van der Waals surface area contributed by atoms with Gasteiger partial charge in [-0.25, -0.2) is 9.37 Å². The van der Waals surface area contributed by atoms with E-state index in [1.54, 1.807) is 38.3 Å². The van der Waals surface area contributed by atoms with E-state index in [-0.39, 0.29) is 29.8 Å².